The lowest BCUT2D eigenvalue weighted by molar-refractivity contribution is -0.142. The number of unbranched alkanes of at least 4 members (excludes halogenated alkanes) is 8. The topological polar surface area (TPSA) is 102 Å². The second-order valence-electron chi connectivity index (χ2n) is 16.5. The fourth-order valence-electron chi connectivity index (χ4n) is 7.44. The maximum Gasteiger partial charge on any atom is 0.249 e. The van der Waals surface area contributed by atoms with Gasteiger partial charge in [0.25, 0.3) is 0 Å². The molecule has 2 aliphatic rings. The Kier molecular flexibility index (Phi) is 18.4. The second kappa shape index (κ2) is 21.1. The van der Waals surface area contributed by atoms with Gasteiger partial charge in [-0.2, -0.15) is 0 Å². The van der Waals surface area contributed by atoms with Crippen LogP contribution >= 0.6 is 0 Å². The number of rotatable bonds is 19. The molecular formula is C40H73N5O4. The largest absolute Gasteiger partial charge is 0.354 e. The van der Waals surface area contributed by atoms with E-state index in [0.717, 1.165) is 45.1 Å². The fourth-order valence-corrected chi connectivity index (χ4v) is 7.44. The lowest BCUT2D eigenvalue weighted by atomic mass is 9.84. The van der Waals surface area contributed by atoms with E-state index in [0.29, 0.717) is 25.1 Å². The Morgan fingerprint density at radius 1 is 0.816 bits per heavy atom. The van der Waals surface area contributed by atoms with Crippen LogP contribution in [0.1, 0.15) is 152 Å². The van der Waals surface area contributed by atoms with Crippen molar-refractivity contribution in [1.29, 1.82) is 0 Å². The van der Waals surface area contributed by atoms with Gasteiger partial charge in [-0.1, -0.05) is 105 Å². The Balaban J connectivity index is 2.04. The molecule has 0 aromatic carbocycles. The number of nitrogens with one attached hydrogen (secondary N) is 2. The highest BCUT2D eigenvalue weighted by atomic mass is 16.2. The van der Waals surface area contributed by atoms with Crippen LogP contribution in [0.4, 0.5) is 0 Å². The Labute approximate surface area is 299 Å². The van der Waals surface area contributed by atoms with E-state index in [1.165, 1.54) is 44.9 Å². The molecule has 0 saturated carbocycles. The van der Waals surface area contributed by atoms with Crippen molar-refractivity contribution in [3.05, 3.63) is 11.6 Å². The van der Waals surface area contributed by atoms with Gasteiger partial charge in [0.1, 0.15) is 12.1 Å². The smallest absolute Gasteiger partial charge is 0.249 e. The number of amides is 4. The minimum absolute atomic E-state index is 0.0248. The third-order valence-corrected chi connectivity index (χ3v) is 10.5. The summed E-state index contributed by atoms with van der Waals surface area (Å²) < 4.78 is 0. The van der Waals surface area contributed by atoms with Crippen molar-refractivity contribution in [3.8, 4) is 0 Å². The first kappa shape index (κ1) is 42.7. The summed E-state index contributed by atoms with van der Waals surface area (Å²) in [4.78, 5) is 60.4. The van der Waals surface area contributed by atoms with Gasteiger partial charge in [0.05, 0.1) is 12.1 Å². The lowest BCUT2D eigenvalue weighted by Crippen LogP contribution is -2.60. The van der Waals surface area contributed by atoms with Gasteiger partial charge in [0.2, 0.25) is 23.6 Å². The van der Waals surface area contributed by atoms with E-state index in [2.05, 4.69) is 36.3 Å². The van der Waals surface area contributed by atoms with Gasteiger partial charge in [-0.3, -0.25) is 24.1 Å². The van der Waals surface area contributed by atoms with Gasteiger partial charge in [-0.15, -0.1) is 0 Å². The van der Waals surface area contributed by atoms with Crippen LogP contribution in [0, 0.1) is 11.3 Å². The van der Waals surface area contributed by atoms with E-state index < -0.39 is 17.5 Å². The van der Waals surface area contributed by atoms with Gasteiger partial charge < -0.3 is 20.4 Å². The fraction of sp³-hybridized carbons (Fsp3) is 0.850. The molecule has 0 aliphatic carbocycles. The molecule has 2 aliphatic heterocycles. The molecule has 2 fully saturated rings. The molecule has 0 radical (unpaired) electrons. The molecule has 4 atom stereocenters. The van der Waals surface area contributed by atoms with Crippen LogP contribution in [-0.4, -0.2) is 95.2 Å². The number of piperidine rings is 1. The molecule has 2 N–H and O–H groups in total. The quantitative estimate of drug-likeness (QED) is 0.114. The predicted octanol–water partition coefficient (Wildman–Crippen LogP) is 6.85. The molecule has 2 rings (SSSR count). The molecule has 9 nitrogen and oxygen atoms in total. The lowest BCUT2D eigenvalue weighted by Gasteiger charge is -2.41. The highest BCUT2D eigenvalue weighted by molar-refractivity contribution is 5.97. The molecule has 0 bridgehead atoms. The van der Waals surface area contributed by atoms with Crippen molar-refractivity contribution in [3.63, 3.8) is 0 Å². The summed E-state index contributed by atoms with van der Waals surface area (Å²) in [7, 11) is 1.77. The highest BCUT2D eigenvalue weighted by Crippen LogP contribution is 2.27. The molecule has 2 heterocycles. The zero-order chi connectivity index (χ0) is 36.7. The van der Waals surface area contributed by atoms with Gasteiger partial charge >= 0.3 is 0 Å². The van der Waals surface area contributed by atoms with Crippen LogP contribution in [0.3, 0.4) is 0 Å². The number of likely N-dealkylation sites (tertiary alicyclic amines) is 2. The van der Waals surface area contributed by atoms with Crippen LogP contribution in [0.15, 0.2) is 11.6 Å². The number of hydrogen-bond acceptors (Lipinski definition) is 5. The van der Waals surface area contributed by atoms with Crippen LogP contribution in [0.2, 0.25) is 0 Å². The van der Waals surface area contributed by atoms with Gasteiger partial charge in [0.15, 0.2) is 0 Å². The Morgan fingerprint density at radius 3 is 1.98 bits per heavy atom. The van der Waals surface area contributed by atoms with Gasteiger partial charge in [-0.25, -0.2) is 0 Å². The molecule has 9 heteroatoms. The normalized spacial score (nSPS) is 20.4. The third-order valence-electron chi connectivity index (χ3n) is 10.5. The molecule has 0 spiro atoms. The van der Waals surface area contributed by atoms with Crippen LogP contribution < -0.4 is 10.6 Å². The van der Waals surface area contributed by atoms with Crippen molar-refractivity contribution < 1.29 is 19.2 Å². The maximum absolute atomic E-state index is 14.2. The Morgan fingerprint density at radius 2 is 1.41 bits per heavy atom. The van der Waals surface area contributed by atoms with E-state index in [1.807, 2.05) is 40.7 Å². The minimum Gasteiger partial charge on any atom is -0.354 e. The van der Waals surface area contributed by atoms with Crippen molar-refractivity contribution in [1.82, 2.24) is 25.3 Å². The molecule has 4 amide bonds. The average molecular weight is 688 g/mol. The minimum atomic E-state index is -0.718. The first-order chi connectivity index (χ1) is 23.1. The van der Waals surface area contributed by atoms with E-state index in [9.17, 15) is 19.2 Å². The molecular weight excluding hydrogens is 614 g/mol. The number of hydrogen-bond donors (Lipinski definition) is 2. The number of likely N-dealkylation sites (N-methyl/N-ethyl adjacent to an activating group) is 1. The highest BCUT2D eigenvalue weighted by Gasteiger charge is 2.40. The van der Waals surface area contributed by atoms with Gasteiger partial charge in [-0.05, 0) is 70.8 Å². The molecule has 0 aromatic rings. The maximum atomic E-state index is 14.2. The van der Waals surface area contributed by atoms with E-state index >= 15 is 0 Å². The molecule has 49 heavy (non-hydrogen) atoms. The van der Waals surface area contributed by atoms with E-state index in [-0.39, 0.29) is 47.7 Å². The standard InChI is InChI=1S/C40H73N5O4/c1-11-12-13-14-15-16-17-18-20-25-41-36(46)32-24-22-27-45(32)38(48)31(6)28-34(29(2)3)43(10)39(49)35(40(7,8)9)42-37(47)33-23-19-21-26-44(33)30(4)5/h28-30,32-35H,11-27H2,1-10H3,(H,41,46)(H,42,47)/b31-28+/t32-,33+,34?,35+/m0/s1. The summed E-state index contributed by atoms with van der Waals surface area (Å²) in [5, 5.41) is 6.24. The monoisotopic (exact) mass is 688 g/mol. The Hall–Kier alpha value is -2.42. The average Bonchev–Trinajstić information content (AvgIpc) is 3.55. The van der Waals surface area contributed by atoms with Crippen molar-refractivity contribution in [2.45, 2.75) is 182 Å². The van der Waals surface area contributed by atoms with E-state index in [1.54, 1.807) is 23.8 Å². The number of carbonyl (C=O) groups excluding carboxylic acids is 4. The zero-order valence-electron chi connectivity index (χ0n) is 33.0. The molecule has 282 valence electrons. The predicted molar refractivity (Wildman–Crippen MR) is 201 cm³/mol. The van der Waals surface area contributed by atoms with Crippen molar-refractivity contribution >= 4 is 23.6 Å². The molecule has 2 saturated heterocycles. The van der Waals surface area contributed by atoms with Gasteiger partial charge in [0, 0.05) is 31.8 Å². The van der Waals surface area contributed by atoms with E-state index in [4.69, 9.17) is 0 Å². The SMILES string of the molecule is CCCCCCCCCCCNC(=O)[C@@H]1CCCN1C(=O)/C(C)=C/C(C(C)C)N(C)C(=O)[C@@H](NC(=O)[C@H]1CCCCN1C(C)C)C(C)(C)C. The summed E-state index contributed by atoms with van der Waals surface area (Å²) in [6.07, 6.45) is 17.3. The summed E-state index contributed by atoms with van der Waals surface area (Å²) in [6, 6.07) is -1.53. The zero-order valence-corrected chi connectivity index (χ0v) is 33.0. The summed E-state index contributed by atoms with van der Waals surface area (Å²) in [6.45, 7) is 20.4. The second-order valence-corrected chi connectivity index (χ2v) is 16.5. The van der Waals surface area contributed by atoms with Crippen LogP contribution in [0.5, 0.6) is 0 Å². The number of carbonyl (C=O) groups is 4. The summed E-state index contributed by atoms with van der Waals surface area (Å²) in [5.74, 6) is -0.452. The third kappa shape index (κ3) is 13.3. The first-order valence-electron chi connectivity index (χ1n) is 19.7. The molecule has 1 unspecified atom stereocenters. The first-order valence-corrected chi connectivity index (χ1v) is 19.7. The Bertz CT molecular complexity index is 1080. The molecule has 0 aromatic heterocycles. The summed E-state index contributed by atoms with van der Waals surface area (Å²) in [5.41, 5.74) is 0.0156. The van der Waals surface area contributed by atoms with Crippen LogP contribution in [0.25, 0.3) is 0 Å². The summed E-state index contributed by atoms with van der Waals surface area (Å²) >= 11 is 0. The van der Waals surface area contributed by atoms with Crippen molar-refractivity contribution in [2.24, 2.45) is 11.3 Å². The van der Waals surface area contributed by atoms with Crippen molar-refractivity contribution in [2.75, 3.05) is 26.7 Å². The number of nitrogens with zero attached hydrogens (tertiary/aromatic N) is 3. The van der Waals surface area contributed by atoms with Crippen LogP contribution in [-0.2, 0) is 19.2 Å².